The molecule has 0 saturated heterocycles. The van der Waals surface area contributed by atoms with Crippen LogP contribution in [0.2, 0.25) is 0 Å². The molecule has 0 fully saturated rings. The summed E-state index contributed by atoms with van der Waals surface area (Å²) in [5.74, 6) is 0. The SMILES string of the molecule is CCCCCCCCCCc1ccccc1CO. The van der Waals surface area contributed by atoms with Crippen LogP contribution in [0.1, 0.15) is 69.4 Å². The van der Waals surface area contributed by atoms with Gasteiger partial charge in [-0.05, 0) is 24.0 Å². The van der Waals surface area contributed by atoms with Crippen LogP contribution in [0.5, 0.6) is 0 Å². The zero-order valence-electron chi connectivity index (χ0n) is 11.8. The molecule has 1 rings (SSSR count). The van der Waals surface area contributed by atoms with Crippen molar-refractivity contribution >= 4 is 0 Å². The summed E-state index contributed by atoms with van der Waals surface area (Å²) in [6, 6.07) is 8.24. The van der Waals surface area contributed by atoms with E-state index in [1.807, 2.05) is 12.1 Å². The van der Waals surface area contributed by atoms with Crippen molar-refractivity contribution in [1.82, 2.24) is 0 Å². The monoisotopic (exact) mass is 248 g/mol. The summed E-state index contributed by atoms with van der Waals surface area (Å²) < 4.78 is 0. The van der Waals surface area contributed by atoms with E-state index in [4.69, 9.17) is 0 Å². The van der Waals surface area contributed by atoms with Crippen molar-refractivity contribution in [3.63, 3.8) is 0 Å². The minimum absolute atomic E-state index is 0.174. The van der Waals surface area contributed by atoms with Gasteiger partial charge in [0, 0.05) is 0 Å². The summed E-state index contributed by atoms with van der Waals surface area (Å²) in [4.78, 5) is 0. The van der Waals surface area contributed by atoms with E-state index in [-0.39, 0.29) is 6.61 Å². The van der Waals surface area contributed by atoms with E-state index in [1.165, 1.54) is 56.9 Å². The minimum Gasteiger partial charge on any atom is -0.392 e. The molecule has 0 spiro atoms. The molecule has 0 radical (unpaired) electrons. The number of benzene rings is 1. The smallest absolute Gasteiger partial charge is 0.0684 e. The van der Waals surface area contributed by atoms with Crippen molar-refractivity contribution in [2.45, 2.75) is 71.3 Å². The molecular weight excluding hydrogens is 220 g/mol. The first kappa shape index (κ1) is 15.2. The van der Waals surface area contributed by atoms with E-state index in [1.54, 1.807) is 0 Å². The second kappa shape index (κ2) is 10.1. The first-order valence-corrected chi connectivity index (χ1v) is 7.56. The average molecular weight is 248 g/mol. The Bertz CT molecular complexity index is 306. The van der Waals surface area contributed by atoms with E-state index >= 15 is 0 Å². The van der Waals surface area contributed by atoms with Gasteiger partial charge in [0.25, 0.3) is 0 Å². The molecule has 0 atom stereocenters. The van der Waals surface area contributed by atoms with Crippen LogP contribution in [-0.4, -0.2) is 5.11 Å². The van der Waals surface area contributed by atoms with Crippen molar-refractivity contribution < 1.29 is 5.11 Å². The second-order valence-corrected chi connectivity index (χ2v) is 5.15. The van der Waals surface area contributed by atoms with Gasteiger partial charge in [-0.2, -0.15) is 0 Å². The molecule has 0 aliphatic heterocycles. The average Bonchev–Trinajstić information content (AvgIpc) is 2.42. The molecule has 0 aliphatic rings. The topological polar surface area (TPSA) is 20.2 Å². The molecule has 0 unspecified atom stereocenters. The van der Waals surface area contributed by atoms with Gasteiger partial charge in [-0.25, -0.2) is 0 Å². The molecule has 1 N–H and O–H groups in total. The van der Waals surface area contributed by atoms with Crippen molar-refractivity contribution in [2.75, 3.05) is 0 Å². The maximum Gasteiger partial charge on any atom is 0.0684 e. The summed E-state index contributed by atoms with van der Waals surface area (Å²) in [5, 5.41) is 9.24. The summed E-state index contributed by atoms with van der Waals surface area (Å²) in [5.41, 5.74) is 2.42. The molecule has 1 nitrogen and oxygen atoms in total. The second-order valence-electron chi connectivity index (χ2n) is 5.15. The molecule has 0 saturated carbocycles. The third-order valence-electron chi connectivity index (χ3n) is 3.59. The van der Waals surface area contributed by atoms with Gasteiger partial charge in [-0.15, -0.1) is 0 Å². The Labute approximate surface area is 112 Å². The van der Waals surface area contributed by atoms with E-state index in [0.717, 1.165) is 12.0 Å². The van der Waals surface area contributed by atoms with Crippen LogP contribution in [-0.2, 0) is 13.0 Å². The molecule has 0 amide bonds. The van der Waals surface area contributed by atoms with Crippen LogP contribution in [0.4, 0.5) is 0 Å². The predicted octanol–water partition coefficient (Wildman–Crippen LogP) is 4.86. The lowest BCUT2D eigenvalue weighted by atomic mass is 10.0. The van der Waals surface area contributed by atoms with Crippen molar-refractivity contribution in [2.24, 2.45) is 0 Å². The lowest BCUT2D eigenvalue weighted by molar-refractivity contribution is 0.280. The van der Waals surface area contributed by atoms with E-state index < -0.39 is 0 Å². The Hall–Kier alpha value is -0.820. The number of aliphatic hydroxyl groups excluding tert-OH is 1. The highest BCUT2D eigenvalue weighted by Crippen LogP contribution is 2.14. The Morgan fingerprint density at radius 3 is 1.94 bits per heavy atom. The lowest BCUT2D eigenvalue weighted by Crippen LogP contribution is -1.94. The highest BCUT2D eigenvalue weighted by molar-refractivity contribution is 5.26. The maximum atomic E-state index is 9.24. The lowest BCUT2D eigenvalue weighted by Gasteiger charge is -2.06. The normalized spacial score (nSPS) is 10.8. The highest BCUT2D eigenvalue weighted by atomic mass is 16.3. The molecule has 0 aliphatic carbocycles. The zero-order chi connectivity index (χ0) is 13.1. The fraction of sp³-hybridized carbons (Fsp3) is 0.647. The van der Waals surface area contributed by atoms with Crippen LogP contribution in [0, 0.1) is 0 Å². The zero-order valence-corrected chi connectivity index (χ0v) is 11.8. The van der Waals surface area contributed by atoms with Gasteiger partial charge in [-0.3, -0.25) is 0 Å². The number of unbranched alkanes of at least 4 members (excludes halogenated alkanes) is 7. The first-order chi connectivity index (χ1) is 8.88. The summed E-state index contributed by atoms with van der Waals surface area (Å²) >= 11 is 0. The fourth-order valence-electron chi connectivity index (χ4n) is 2.40. The number of rotatable bonds is 10. The van der Waals surface area contributed by atoms with Crippen LogP contribution in [0.3, 0.4) is 0 Å². The maximum absolute atomic E-state index is 9.24. The summed E-state index contributed by atoms with van der Waals surface area (Å²) in [7, 11) is 0. The third kappa shape index (κ3) is 6.20. The highest BCUT2D eigenvalue weighted by Gasteiger charge is 2.00. The van der Waals surface area contributed by atoms with Gasteiger partial charge in [0.15, 0.2) is 0 Å². The van der Waals surface area contributed by atoms with Gasteiger partial charge in [-0.1, -0.05) is 76.1 Å². The van der Waals surface area contributed by atoms with Crippen molar-refractivity contribution in [3.05, 3.63) is 35.4 Å². The summed E-state index contributed by atoms with van der Waals surface area (Å²) in [6.07, 6.45) is 12.0. The first-order valence-electron chi connectivity index (χ1n) is 7.56. The molecule has 0 aromatic heterocycles. The number of aliphatic hydroxyl groups is 1. The van der Waals surface area contributed by atoms with Gasteiger partial charge in [0.1, 0.15) is 0 Å². The number of aryl methyl sites for hydroxylation is 1. The standard InChI is InChI=1S/C17H28O/c1-2-3-4-5-6-7-8-9-12-16-13-10-11-14-17(16)15-18/h10-11,13-14,18H,2-9,12,15H2,1H3. The predicted molar refractivity (Wildman–Crippen MR) is 78.7 cm³/mol. The van der Waals surface area contributed by atoms with Crippen LogP contribution in [0.25, 0.3) is 0 Å². The molecule has 102 valence electrons. The third-order valence-corrected chi connectivity index (χ3v) is 3.59. The van der Waals surface area contributed by atoms with E-state index in [0.29, 0.717) is 0 Å². The molecular formula is C17H28O. The Kier molecular flexibility index (Phi) is 8.58. The van der Waals surface area contributed by atoms with Gasteiger partial charge < -0.3 is 5.11 Å². The summed E-state index contributed by atoms with van der Waals surface area (Å²) in [6.45, 7) is 2.44. The molecule has 0 bridgehead atoms. The van der Waals surface area contributed by atoms with Crippen LogP contribution < -0.4 is 0 Å². The number of hydrogen-bond acceptors (Lipinski definition) is 1. The van der Waals surface area contributed by atoms with Crippen molar-refractivity contribution in [1.29, 1.82) is 0 Å². The van der Waals surface area contributed by atoms with Gasteiger partial charge in [0.05, 0.1) is 6.61 Å². The molecule has 1 heteroatoms. The molecule has 1 aromatic rings. The molecule has 1 aromatic carbocycles. The fourth-order valence-corrected chi connectivity index (χ4v) is 2.40. The van der Waals surface area contributed by atoms with Gasteiger partial charge >= 0.3 is 0 Å². The molecule has 0 heterocycles. The van der Waals surface area contributed by atoms with E-state index in [2.05, 4.69) is 19.1 Å². The van der Waals surface area contributed by atoms with Crippen LogP contribution in [0.15, 0.2) is 24.3 Å². The molecule has 18 heavy (non-hydrogen) atoms. The Balaban J connectivity index is 2.07. The largest absolute Gasteiger partial charge is 0.392 e. The van der Waals surface area contributed by atoms with E-state index in [9.17, 15) is 5.11 Å². The Morgan fingerprint density at radius 1 is 0.778 bits per heavy atom. The quantitative estimate of drug-likeness (QED) is 0.586. The number of hydrogen-bond donors (Lipinski definition) is 1. The Morgan fingerprint density at radius 2 is 1.33 bits per heavy atom. The minimum atomic E-state index is 0.174. The van der Waals surface area contributed by atoms with Crippen molar-refractivity contribution in [3.8, 4) is 0 Å². The van der Waals surface area contributed by atoms with Gasteiger partial charge in [0.2, 0.25) is 0 Å². The van der Waals surface area contributed by atoms with Crippen LogP contribution >= 0.6 is 0 Å².